The summed E-state index contributed by atoms with van der Waals surface area (Å²) >= 11 is 12.0. The van der Waals surface area contributed by atoms with E-state index in [1.165, 1.54) is 6.21 Å². The minimum absolute atomic E-state index is 0.412. The van der Waals surface area contributed by atoms with Crippen molar-refractivity contribution in [3.8, 4) is 0 Å². The molecule has 0 aliphatic heterocycles. The van der Waals surface area contributed by atoms with Gasteiger partial charge in [0.2, 0.25) is 5.82 Å². The molecule has 0 saturated carbocycles. The van der Waals surface area contributed by atoms with Crippen molar-refractivity contribution in [2.24, 2.45) is 5.10 Å². The number of hydrazone groups is 1. The van der Waals surface area contributed by atoms with Crippen molar-refractivity contribution in [1.82, 2.24) is 4.57 Å². The predicted octanol–water partition coefficient (Wildman–Crippen LogP) is 7.14. The van der Waals surface area contributed by atoms with Gasteiger partial charge in [-0.25, -0.2) is 22.0 Å². The Kier molecular flexibility index (Phi) is 6.08. The molecular weight excluding hydrogens is 472 g/mol. The molecule has 0 aliphatic rings. The molecule has 0 bridgehead atoms. The van der Waals surface area contributed by atoms with Gasteiger partial charge in [0.15, 0.2) is 23.3 Å². The molecule has 10 heteroatoms. The van der Waals surface area contributed by atoms with Crippen molar-refractivity contribution in [3.05, 3.63) is 98.9 Å². The molecule has 0 unspecified atom stereocenters. The summed E-state index contributed by atoms with van der Waals surface area (Å²) in [7, 11) is 0. The number of benzene rings is 3. The lowest BCUT2D eigenvalue weighted by molar-refractivity contribution is 0.381. The summed E-state index contributed by atoms with van der Waals surface area (Å²) in [4.78, 5) is 0. The normalized spacial score (nSPS) is 11.6. The van der Waals surface area contributed by atoms with E-state index in [1.807, 2.05) is 28.2 Å². The predicted molar refractivity (Wildman–Crippen MR) is 115 cm³/mol. The zero-order valence-electron chi connectivity index (χ0n) is 15.9. The first-order valence-electron chi connectivity index (χ1n) is 9.10. The van der Waals surface area contributed by atoms with Gasteiger partial charge in [-0.2, -0.15) is 5.10 Å². The first kappa shape index (κ1) is 22.1. The van der Waals surface area contributed by atoms with Crippen LogP contribution in [0.4, 0.5) is 27.6 Å². The van der Waals surface area contributed by atoms with Gasteiger partial charge in [0.1, 0.15) is 5.69 Å². The molecule has 0 atom stereocenters. The van der Waals surface area contributed by atoms with Crippen LogP contribution in [0.1, 0.15) is 11.1 Å². The lowest BCUT2D eigenvalue weighted by Crippen LogP contribution is -2.06. The maximum absolute atomic E-state index is 13.8. The molecule has 3 aromatic carbocycles. The number of nitrogens with one attached hydrogen (secondary N) is 1. The van der Waals surface area contributed by atoms with E-state index < -0.39 is 34.8 Å². The number of hydrogen-bond acceptors (Lipinski definition) is 2. The number of fused-ring (bicyclic) bond motifs is 1. The topological polar surface area (TPSA) is 29.3 Å². The van der Waals surface area contributed by atoms with E-state index in [0.29, 0.717) is 22.2 Å². The fraction of sp³-hybridized carbons (Fsp3) is 0.0455. The van der Waals surface area contributed by atoms with Crippen LogP contribution in [-0.4, -0.2) is 10.8 Å². The Bertz CT molecular complexity index is 1340. The number of para-hydroxylation sites is 1. The molecule has 1 N–H and O–H groups in total. The van der Waals surface area contributed by atoms with Gasteiger partial charge >= 0.3 is 0 Å². The molecule has 3 nitrogen and oxygen atoms in total. The number of halogens is 7. The van der Waals surface area contributed by atoms with E-state index in [0.717, 1.165) is 16.5 Å². The molecule has 0 spiro atoms. The standard InChI is InChI=1S/C22H12Cl2F5N3/c23-14-6-5-11(7-15(14)24)9-32-10-12(13-3-1-2-4-16(13)32)8-30-31-22-20(28)18(26)17(25)19(27)21(22)29/h1-8,10,31H,9H2/b30-8-. The summed E-state index contributed by atoms with van der Waals surface area (Å²) in [6.45, 7) is 0.441. The molecule has 164 valence electrons. The Hall–Kier alpha value is -3.10. The highest BCUT2D eigenvalue weighted by molar-refractivity contribution is 6.42. The van der Waals surface area contributed by atoms with Crippen LogP contribution >= 0.6 is 23.2 Å². The summed E-state index contributed by atoms with van der Waals surface area (Å²) < 4.78 is 69.4. The van der Waals surface area contributed by atoms with Crippen LogP contribution in [0.5, 0.6) is 0 Å². The lowest BCUT2D eigenvalue weighted by Gasteiger charge is -2.07. The van der Waals surface area contributed by atoms with Gasteiger partial charge in [-0.3, -0.25) is 5.43 Å². The number of aromatic nitrogens is 1. The number of rotatable bonds is 5. The van der Waals surface area contributed by atoms with Gasteiger partial charge in [0.25, 0.3) is 0 Å². The zero-order valence-corrected chi connectivity index (χ0v) is 17.5. The minimum atomic E-state index is -2.24. The van der Waals surface area contributed by atoms with E-state index in [1.54, 1.807) is 30.5 Å². The third kappa shape index (κ3) is 4.03. The SMILES string of the molecule is Fc1c(F)c(F)c(N/N=C\c2cn(Cc3ccc(Cl)c(Cl)c3)c3ccccc23)c(F)c1F. The molecular formula is C22H12Cl2F5N3. The quantitative estimate of drug-likeness (QED) is 0.105. The zero-order chi connectivity index (χ0) is 23.0. The molecule has 0 fully saturated rings. The molecule has 4 rings (SSSR count). The third-order valence-electron chi connectivity index (χ3n) is 4.75. The van der Waals surface area contributed by atoms with Gasteiger partial charge in [-0.15, -0.1) is 0 Å². The fourth-order valence-electron chi connectivity index (χ4n) is 3.21. The molecule has 0 saturated heterocycles. The molecule has 1 heterocycles. The number of nitrogens with zero attached hydrogens (tertiary/aromatic N) is 2. The van der Waals surface area contributed by atoms with Gasteiger partial charge in [-0.05, 0) is 23.8 Å². The fourth-order valence-corrected chi connectivity index (χ4v) is 3.53. The maximum atomic E-state index is 13.8. The second-order valence-electron chi connectivity index (χ2n) is 6.79. The Morgan fingerprint density at radius 1 is 0.844 bits per heavy atom. The van der Waals surface area contributed by atoms with Crippen molar-refractivity contribution in [1.29, 1.82) is 0 Å². The van der Waals surface area contributed by atoms with Crippen LogP contribution in [0.3, 0.4) is 0 Å². The van der Waals surface area contributed by atoms with Crippen LogP contribution in [0.2, 0.25) is 10.0 Å². The second kappa shape index (κ2) is 8.80. The molecule has 0 amide bonds. The van der Waals surface area contributed by atoms with Crippen molar-refractivity contribution >= 4 is 46.0 Å². The average Bonchev–Trinajstić information content (AvgIpc) is 3.13. The highest BCUT2D eigenvalue weighted by atomic mass is 35.5. The van der Waals surface area contributed by atoms with Crippen LogP contribution < -0.4 is 5.43 Å². The van der Waals surface area contributed by atoms with E-state index in [2.05, 4.69) is 5.10 Å². The van der Waals surface area contributed by atoms with E-state index in [-0.39, 0.29) is 0 Å². The van der Waals surface area contributed by atoms with Gasteiger partial charge in [-0.1, -0.05) is 47.5 Å². The molecule has 32 heavy (non-hydrogen) atoms. The molecule has 4 aromatic rings. The summed E-state index contributed by atoms with van der Waals surface area (Å²) in [6.07, 6.45) is 2.96. The number of anilines is 1. The minimum Gasteiger partial charge on any atom is -0.342 e. The van der Waals surface area contributed by atoms with Crippen molar-refractivity contribution < 1.29 is 22.0 Å². The Labute approximate surface area is 188 Å². The van der Waals surface area contributed by atoms with Crippen LogP contribution in [-0.2, 0) is 6.54 Å². The van der Waals surface area contributed by atoms with E-state index in [9.17, 15) is 22.0 Å². The third-order valence-corrected chi connectivity index (χ3v) is 5.49. The van der Waals surface area contributed by atoms with Gasteiger partial charge < -0.3 is 4.57 Å². The van der Waals surface area contributed by atoms with Gasteiger partial charge in [0, 0.05) is 29.2 Å². The first-order chi connectivity index (χ1) is 15.3. The first-order valence-corrected chi connectivity index (χ1v) is 9.85. The Morgan fingerprint density at radius 2 is 1.50 bits per heavy atom. The van der Waals surface area contributed by atoms with Crippen LogP contribution in [0.25, 0.3) is 10.9 Å². The highest BCUT2D eigenvalue weighted by Crippen LogP contribution is 2.28. The summed E-state index contributed by atoms with van der Waals surface area (Å²) in [5.41, 5.74) is 2.93. The summed E-state index contributed by atoms with van der Waals surface area (Å²) in [5.74, 6) is -10.3. The number of hydrogen-bond donors (Lipinski definition) is 1. The van der Waals surface area contributed by atoms with Crippen molar-refractivity contribution in [3.63, 3.8) is 0 Å². The highest BCUT2D eigenvalue weighted by Gasteiger charge is 2.25. The Morgan fingerprint density at radius 3 is 2.19 bits per heavy atom. The molecule has 1 aromatic heterocycles. The maximum Gasteiger partial charge on any atom is 0.200 e. The van der Waals surface area contributed by atoms with Gasteiger partial charge in [0.05, 0.1) is 16.3 Å². The van der Waals surface area contributed by atoms with Crippen LogP contribution in [0, 0.1) is 29.1 Å². The van der Waals surface area contributed by atoms with Crippen molar-refractivity contribution in [2.45, 2.75) is 6.54 Å². The van der Waals surface area contributed by atoms with E-state index in [4.69, 9.17) is 23.2 Å². The summed E-state index contributed by atoms with van der Waals surface area (Å²) in [6, 6.07) is 12.5. The Balaban J connectivity index is 1.66. The van der Waals surface area contributed by atoms with Crippen LogP contribution in [0.15, 0.2) is 53.8 Å². The second-order valence-corrected chi connectivity index (χ2v) is 7.61. The monoisotopic (exact) mass is 483 g/mol. The summed E-state index contributed by atoms with van der Waals surface area (Å²) in [5, 5.41) is 5.28. The van der Waals surface area contributed by atoms with E-state index >= 15 is 0 Å². The molecule has 0 radical (unpaired) electrons. The lowest BCUT2D eigenvalue weighted by atomic mass is 10.2. The smallest absolute Gasteiger partial charge is 0.200 e. The average molecular weight is 484 g/mol. The largest absolute Gasteiger partial charge is 0.342 e. The van der Waals surface area contributed by atoms with Crippen molar-refractivity contribution in [2.75, 3.05) is 5.43 Å². The molecule has 0 aliphatic carbocycles.